The molecular weight excluding hydrogens is 300 g/mol. The van der Waals surface area contributed by atoms with Crippen LogP contribution in [0.2, 0.25) is 0 Å². The number of ether oxygens (including phenoxy) is 1. The van der Waals surface area contributed by atoms with E-state index in [1.54, 1.807) is 0 Å². The normalized spacial score (nSPS) is 33.3. The summed E-state index contributed by atoms with van der Waals surface area (Å²) in [6.07, 6.45) is 12.9. The Morgan fingerprint density at radius 1 is 1.25 bits per heavy atom. The van der Waals surface area contributed by atoms with E-state index < -0.39 is 5.60 Å². The van der Waals surface area contributed by atoms with Crippen LogP contribution in [0.15, 0.2) is 24.3 Å². The third kappa shape index (κ3) is 3.85. The van der Waals surface area contributed by atoms with Crippen molar-refractivity contribution in [3.63, 3.8) is 0 Å². The highest BCUT2D eigenvalue weighted by Gasteiger charge is 2.54. The lowest BCUT2D eigenvalue weighted by molar-refractivity contribution is 0.00800. The highest BCUT2D eigenvalue weighted by atomic mass is 16.6. The Balaban J connectivity index is 1.74. The molecule has 0 aromatic heterocycles. The van der Waals surface area contributed by atoms with Crippen molar-refractivity contribution in [2.75, 3.05) is 13.1 Å². The van der Waals surface area contributed by atoms with Crippen molar-refractivity contribution in [1.82, 2.24) is 10.2 Å². The Morgan fingerprint density at radius 2 is 1.96 bits per heavy atom. The van der Waals surface area contributed by atoms with E-state index in [1.807, 2.05) is 20.8 Å². The molecule has 1 heterocycles. The molecule has 1 amide bonds. The number of carbonyl (C=O) groups excluding carboxylic acids is 1. The molecule has 0 aromatic carbocycles. The predicted octanol–water partition coefficient (Wildman–Crippen LogP) is 3.89. The summed E-state index contributed by atoms with van der Waals surface area (Å²) < 4.78 is 5.76. The zero-order valence-corrected chi connectivity index (χ0v) is 15.5. The van der Waals surface area contributed by atoms with Gasteiger partial charge in [0.05, 0.1) is 0 Å². The Morgan fingerprint density at radius 3 is 2.54 bits per heavy atom. The lowest BCUT2D eigenvalue weighted by atomic mass is 9.78. The van der Waals surface area contributed by atoms with E-state index in [0.29, 0.717) is 18.0 Å². The van der Waals surface area contributed by atoms with E-state index in [9.17, 15) is 4.79 Å². The maximum absolute atomic E-state index is 12.9. The van der Waals surface area contributed by atoms with E-state index in [2.05, 4.69) is 41.4 Å². The van der Waals surface area contributed by atoms with Gasteiger partial charge in [-0.25, -0.2) is 4.79 Å². The van der Waals surface area contributed by atoms with Crippen molar-refractivity contribution in [1.29, 1.82) is 0 Å². The molecule has 1 saturated heterocycles. The Labute approximate surface area is 146 Å². The second kappa shape index (κ2) is 6.55. The van der Waals surface area contributed by atoms with Crippen molar-refractivity contribution < 1.29 is 9.53 Å². The predicted molar refractivity (Wildman–Crippen MR) is 96.9 cm³/mol. The molecule has 0 bridgehead atoms. The molecule has 2 aliphatic carbocycles. The second-order valence-electron chi connectivity index (χ2n) is 8.78. The van der Waals surface area contributed by atoms with Gasteiger partial charge in [-0.05, 0) is 70.9 Å². The highest BCUT2D eigenvalue weighted by Crippen LogP contribution is 2.53. The van der Waals surface area contributed by atoms with Crippen LogP contribution < -0.4 is 5.32 Å². The molecule has 3 rings (SSSR count). The Bertz CT molecular complexity index is 528. The topological polar surface area (TPSA) is 41.6 Å². The summed E-state index contributed by atoms with van der Waals surface area (Å²) in [4.78, 5) is 15.0. The first-order chi connectivity index (χ1) is 11.3. The molecule has 1 N–H and O–H groups in total. The minimum absolute atomic E-state index is 0.124. The molecule has 24 heavy (non-hydrogen) atoms. The van der Waals surface area contributed by atoms with Gasteiger partial charge in [0, 0.05) is 12.1 Å². The number of rotatable bonds is 3. The van der Waals surface area contributed by atoms with Crippen LogP contribution in [-0.2, 0) is 4.74 Å². The molecule has 3 atom stereocenters. The molecule has 2 fully saturated rings. The Kier molecular flexibility index (Phi) is 4.78. The van der Waals surface area contributed by atoms with Gasteiger partial charge < -0.3 is 15.0 Å². The molecule has 4 heteroatoms. The third-order valence-electron chi connectivity index (χ3n) is 5.55. The molecule has 0 spiro atoms. The fourth-order valence-corrected chi connectivity index (χ4v) is 4.17. The van der Waals surface area contributed by atoms with Crippen LogP contribution in [0.3, 0.4) is 0 Å². The second-order valence-corrected chi connectivity index (χ2v) is 8.78. The number of hydrogen-bond donors (Lipinski definition) is 1. The highest BCUT2D eigenvalue weighted by molar-refractivity contribution is 5.69. The molecule has 0 radical (unpaired) electrons. The summed E-state index contributed by atoms with van der Waals surface area (Å²) in [6, 6.07) is 0.631. The van der Waals surface area contributed by atoms with Crippen LogP contribution in [0.5, 0.6) is 0 Å². The number of nitrogens with one attached hydrogen (secondary N) is 1. The van der Waals surface area contributed by atoms with Gasteiger partial charge in [0.25, 0.3) is 0 Å². The molecule has 134 valence electrons. The number of hydrogen-bond acceptors (Lipinski definition) is 3. The SMILES string of the molecule is CC(C)(C)OC(=O)N(C1CCNCC1)C1C[C@H]1C1(C)C=CC=CC1. The number of allylic oxidation sites excluding steroid dienone is 4. The van der Waals surface area contributed by atoms with Gasteiger partial charge in [0.2, 0.25) is 0 Å². The zero-order valence-electron chi connectivity index (χ0n) is 15.5. The summed E-state index contributed by atoms with van der Waals surface area (Å²) in [5, 5.41) is 3.40. The lowest BCUT2D eigenvalue weighted by Crippen LogP contribution is -2.50. The van der Waals surface area contributed by atoms with Crippen molar-refractivity contribution in [2.24, 2.45) is 11.3 Å². The maximum Gasteiger partial charge on any atom is 0.410 e. The largest absolute Gasteiger partial charge is 0.444 e. The standard InChI is InChI=1S/C20H32N2O2/c1-19(2,3)24-18(23)22(15-8-12-21-13-9-15)17-14-16(17)20(4)10-6-5-7-11-20/h5-7,10,15-17,21H,8-9,11-14H2,1-4H3/t16-,17?,20?/m1/s1. The molecule has 2 unspecified atom stereocenters. The van der Waals surface area contributed by atoms with Crippen LogP contribution in [0.25, 0.3) is 0 Å². The molecule has 1 saturated carbocycles. The quantitative estimate of drug-likeness (QED) is 0.852. The minimum atomic E-state index is -0.440. The minimum Gasteiger partial charge on any atom is -0.444 e. The van der Waals surface area contributed by atoms with Gasteiger partial charge in [-0.2, -0.15) is 0 Å². The summed E-state index contributed by atoms with van der Waals surface area (Å²) in [5.74, 6) is 0.543. The first-order valence-electron chi connectivity index (χ1n) is 9.36. The van der Waals surface area contributed by atoms with Gasteiger partial charge in [-0.3, -0.25) is 0 Å². The summed E-state index contributed by atoms with van der Waals surface area (Å²) >= 11 is 0. The first kappa shape index (κ1) is 17.5. The van der Waals surface area contributed by atoms with Crippen molar-refractivity contribution in [2.45, 2.75) is 71.1 Å². The van der Waals surface area contributed by atoms with Crippen LogP contribution in [0.4, 0.5) is 4.79 Å². The van der Waals surface area contributed by atoms with Gasteiger partial charge in [0.15, 0.2) is 0 Å². The van der Waals surface area contributed by atoms with Crippen LogP contribution >= 0.6 is 0 Å². The van der Waals surface area contributed by atoms with Crippen LogP contribution in [0.1, 0.15) is 53.4 Å². The molecule has 1 aliphatic heterocycles. The average Bonchev–Trinajstić information content (AvgIpc) is 3.28. The molecule has 4 nitrogen and oxygen atoms in total. The van der Waals surface area contributed by atoms with E-state index in [1.165, 1.54) is 0 Å². The van der Waals surface area contributed by atoms with Crippen molar-refractivity contribution in [3.8, 4) is 0 Å². The van der Waals surface area contributed by atoms with Crippen molar-refractivity contribution in [3.05, 3.63) is 24.3 Å². The number of piperidine rings is 1. The van der Waals surface area contributed by atoms with E-state index in [-0.39, 0.29) is 11.5 Å². The first-order valence-corrected chi connectivity index (χ1v) is 9.36. The fourth-order valence-electron chi connectivity index (χ4n) is 4.17. The number of carbonyl (C=O) groups is 1. The monoisotopic (exact) mass is 332 g/mol. The number of nitrogens with zero attached hydrogens (tertiary/aromatic N) is 1. The summed E-state index contributed by atoms with van der Waals surface area (Å²) in [7, 11) is 0. The molecule has 0 aromatic rings. The van der Waals surface area contributed by atoms with E-state index >= 15 is 0 Å². The van der Waals surface area contributed by atoms with Crippen LogP contribution in [0, 0.1) is 11.3 Å². The average molecular weight is 332 g/mol. The van der Waals surface area contributed by atoms with Crippen LogP contribution in [-0.4, -0.2) is 41.8 Å². The smallest absolute Gasteiger partial charge is 0.410 e. The molecule has 3 aliphatic rings. The maximum atomic E-state index is 12.9. The zero-order chi connectivity index (χ0) is 17.4. The molecular formula is C20H32N2O2. The third-order valence-corrected chi connectivity index (χ3v) is 5.55. The number of amides is 1. The van der Waals surface area contributed by atoms with E-state index in [0.717, 1.165) is 38.8 Å². The summed E-state index contributed by atoms with van der Waals surface area (Å²) in [5.41, 5.74) is -0.267. The van der Waals surface area contributed by atoms with Gasteiger partial charge in [0.1, 0.15) is 5.60 Å². The van der Waals surface area contributed by atoms with Crippen molar-refractivity contribution >= 4 is 6.09 Å². The fraction of sp³-hybridized carbons (Fsp3) is 0.750. The Hall–Kier alpha value is -1.29. The lowest BCUT2D eigenvalue weighted by Gasteiger charge is -2.38. The summed E-state index contributed by atoms with van der Waals surface area (Å²) in [6.45, 7) is 10.2. The van der Waals surface area contributed by atoms with Gasteiger partial charge in [-0.1, -0.05) is 31.2 Å². The van der Waals surface area contributed by atoms with E-state index in [4.69, 9.17) is 4.74 Å². The van der Waals surface area contributed by atoms with Gasteiger partial charge in [-0.15, -0.1) is 0 Å². The van der Waals surface area contributed by atoms with Gasteiger partial charge >= 0.3 is 6.09 Å².